The third kappa shape index (κ3) is 2.83. The van der Waals surface area contributed by atoms with Crippen LogP contribution in [0.1, 0.15) is 13.8 Å². The van der Waals surface area contributed by atoms with Gasteiger partial charge in [-0.2, -0.15) is 0 Å². The van der Waals surface area contributed by atoms with Gasteiger partial charge in [-0.05, 0) is 27.9 Å². The summed E-state index contributed by atoms with van der Waals surface area (Å²) in [5.41, 5.74) is 0.765. The summed E-state index contributed by atoms with van der Waals surface area (Å²) in [6, 6.07) is 0.301. The maximum absolute atomic E-state index is 11.6. The van der Waals surface area contributed by atoms with Gasteiger partial charge in [-0.1, -0.05) is 6.58 Å². The maximum atomic E-state index is 11.6. The van der Waals surface area contributed by atoms with Gasteiger partial charge in [0.2, 0.25) is 0 Å². The van der Waals surface area contributed by atoms with Crippen LogP contribution in [-0.4, -0.2) is 42.4 Å². The van der Waals surface area contributed by atoms with Crippen LogP contribution < -0.4 is 5.32 Å². The molecule has 0 radical (unpaired) electrons. The van der Waals surface area contributed by atoms with Gasteiger partial charge in [0.15, 0.2) is 0 Å². The first kappa shape index (κ1) is 11.8. The second-order valence-electron chi connectivity index (χ2n) is 4.29. The number of hydrogen-bond donors (Lipinski definition) is 1. The van der Waals surface area contributed by atoms with Crippen molar-refractivity contribution in [2.75, 3.05) is 20.6 Å². The molecule has 15 heavy (non-hydrogen) atoms. The third-order valence-corrected chi connectivity index (χ3v) is 2.20. The van der Waals surface area contributed by atoms with Gasteiger partial charge in [-0.3, -0.25) is 4.79 Å². The zero-order valence-corrected chi connectivity index (χ0v) is 9.87. The Morgan fingerprint density at radius 2 is 2.13 bits per heavy atom. The number of nitrogens with one attached hydrogen (secondary N) is 1. The summed E-state index contributed by atoms with van der Waals surface area (Å²) in [5, 5.41) is 2.76. The summed E-state index contributed by atoms with van der Waals surface area (Å²) in [4.78, 5) is 15.6. The number of likely N-dealkylation sites (N-methyl/N-ethyl adjacent to an activating group) is 1. The molecule has 0 atom stereocenters. The Morgan fingerprint density at radius 1 is 1.53 bits per heavy atom. The van der Waals surface area contributed by atoms with E-state index in [9.17, 15) is 4.79 Å². The van der Waals surface area contributed by atoms with E-state index in [-0.39, 0.29) is 5.91 Å². The second kappa shape index (κ2) is 4.49. The molecule has 0 spiro atoms. The first-order chi connectivity index (χ1) is 6.91. The lowest BCUT2D eigenvalue weighted by atomic mass is 10.2. The minimum absolute atomic E-state index is 0.0504. The molecule has 4 nitrogen and oxygen atoms in total. The second-order valence-corrected chi connectivity index (χ2v) is 4.29. The van der Waals surface area contributed by atoms with Crippen LogP contribution in [-0.2, 0) is 4.79 Å². The first-order valence-electron chi connectivity index (χ1n) is 5.06. The van der Waals surface area contributed by atoms with E-state index in [1.165, 1.54) is 0 Å². The van der Waals surface area contributed by atoms with Crippen LogP contribution in [0.5, 0.6) is 0 Å². The molecule has 0 fully saturated rings. The van der Waals surface area contributed by atoms with E-state index in [1.54, 1.807) is 0 Å². The van der Waals surface area contributed by atoms with E-state index in [2.05, 4.69) is 25.7 Å². The van der Waals surface area contributed by atoms with Crippen LogP contribution in [0.3, 0.4) is 0 Å². The number of hydrogen-bond acceptors (Lipinski definition) is 3. The molecule has 1 heterocycles. The van der Waals surface area contributed by atoms with Crippen LogP contribution in [0, 0.1) is 0 Å². The molecule has 0 saturated heterocycles. The average Bonchev–Trinajstić information content (AvgIpc) is 2.08. The summed E-state index contributed by atoms with van der Waals surface area (Å²) >= 11 is 0. The lowest BCUT2D eigenvalue weighted by Gasteiger charge is -2.32. The van der Waals surface area contributed by atoms with E-state index < -0.39 is 0 Å². The fourth-order valence-electron chi connectivity index (χ4n) is 1.49. The minimum Gasteiger partial charge on any atom is -0.332 e. The molecule has 1 amide bonds. The molecule has 0 aliphatic carbocycles. The highest BCUT2D eigenvalue weighted by Gasteiger charge is 2.22. The topological polar surface area (TPSA) is 35.6 Å². The van der Waals surface area contributed by atoms with Gasteiger partial charge in [-0.25, -0.2) is 0 Å². The summed E-state index contributed by atoms with van der Waals surface area (Å²) in [6.45, 7) is 8.58. The number of nitrogens with zero attached hydrogens (tertiary/aromatic N) is 2. The largest absolute Gasteiger partial charge is 0.332 e. The molecule has 1 rings (SSSR count). The molecule has 0 bridgehead atoms. The lowest BCUT2D eigenvalue weighted by Crippen LogP contribution is -2.42. The molecule has 0 unspecified atom stereocenters. The molecule has 0 aromatic rings. The molecular formula is C11H19N3O. The van der Waals surface area contributed by atoms with E-state index in [0.717, 1.165) is 5.57 Å². The van der Waals surface area contributed by atoms with E-state index in [1.807, 2.05) is 30.1 Å². The standard InChI is InChI=1S/C11H19N3O/c1-8(2)14-7-10(6-13(4)5)11(15)12-9(14)3/h7-8H,3,6H2,1-2,4-5H3,(H,12,15). The zero-order chi connectivity index (χ0) is 11.6. The van der Waals surface area contributed by atoms with Crippen molar-refractivity contribution in [2.45, 2.75) is 19.9 Å². The molecule has 0 aromatic heterocycles. The number of rotatable bonds is 3. The van der Waals surface area contributed by atoms with E-state index >= 15 is 0 Å². The molecule has 84 valence electrons. The highest BCUT2D eigenvalue weighted by atomic mass is 16.2. The van der Waals surface area contributed by atoms with Gasteiger partial charge >= 0.3 is 0 Å². The summed E-state index contributed by atoms with van der Waals surface area (Å²) in [7, 11) is 3.88. The number of amides is 1. The van der Waals surface area contributed by atoms with Crippen LogP contribution in [0.2, 0.25) is 0 Å². The molecule has 1 aliphatic heterocycles. The SMILES string of the molecule is C=C1NC(=O)C(CN(C)C)=CN1C(C)C. The van der Waals surface area contributed by atoms with Gasteiger partial charge in [0.25, 0.3) is 5.91 Å². The molecule has 0 saturated carbocycles. The van der Waals surface area contributed by atoms with Gasteiger partial charge < -0.3 is 15.1 Å². The smallest absolute Gasteiger partial charge is 0.255 e. The predicted octanol–water partition coefficient (Wildman–Crippen LogP) is 0.743. The molecular weight excluding hydrogens is 190 g/mol. The molecule has 1 aliphatic rings. The number of carbonyl (C=O) groups excluding carboxylic acids is 1. The Bertz CT molecular complexity index is 305. The van der Waals surface area contributed by atoms with Gasteiger partial charge in [0, 0.05) is 24.4 Å². The van der Waals surface area contributed by atoms with Gasteiger partial charge in [0.1, 0.15) is 5.82 Å². The Morgan fingerprint density at radius 3 is 2.60 bits per heavy atom. The van der Waals surface area contributed by atoms with Crippen molar-refractivity contribution in [2.24, 2.45) is 0 Å². The highest BCUT2D eigenvalue weighted by Crippen LogP contribution is 2.14. The van der Waals surface area contributed by atoms with Crippen molar-refractivity contribution in [1.82, 2.24) is 15.1 Å². The lowest BCUT2D eigenvalue weighted by molar-refractivity contribution is -0.118. The normalized spacial score (nSPS) is 17.2. The molecule has 1 N–H and O–H groups in total. The van der Waals surface area contributed by atoms with Crippen molar-refractivity contribution < 1.29 is 4.79 Å². The fourth-order valence-corrected chi connectivity index (χ4v) is 1.49. The molecule has 4 heteroatoms. The average molecular weight is 209 g/mol. The summed E-state index contributed by atoms with van der Waals surface area (Å²) < 4.78 is 0. The van der Waals surface area contributed by atoms with E-state index in [4.69, 9.17) is 0 Å². The van der Waals surface area contributed by atoms with Crippen LogP contribution in [0.15, 0.2) is 24.2 Å². The first-order valence-corrected chi connectivity index (χ1v) is 5.06. The van der Waals surface area contributed by atoms with Crippen LogP contribution >= 0.6 is 0 Å². The van der Waals surface area contributed by atoms with Crippen LogP contribution in [0.25, 0.3) is 0 Å². The van der Waals surface area contributed by atoms with Crippen molar-refractivity contribution in [3.8, 4) is 0 Å². The summed E-state index contributed by atoms with van der Waals surface area (Å²) in [6.07, 6.45) is 1.88. The Labute approximate surface area is 91.2 Å². The summed E-state index contributed by atoms with van der Waals surface area (Å²) in [5.74, 6) is 0.600. The van der Waals surface area contributed by atoms with Crippen molar-refractivity contribution in [3.63, 3.8) is 0 Å². The fraction of sp³-hybridized carbons (Fsp3) is 0.545. The minimum atomic E-state index is -0.0504. The zero-order valence-electron chi connectivity index (χ0n) is 9.87. The Hall–Kier alpha value is -1.29. The quantitative estimate of drug-likeness (QED) is 0.745. The molecule has 0 aromatic carbocycles. The van der Waals surface area contributed by atoms with Gasteiger partial charge in [0.05, 0.1) is 0 Å². The third-order valence-electron chi connectivity index (χ3n) is 2.20. The van der Waals surface area contributed by atoms with E-state index in [0.29, 0.717) is 18.4 Å². The highest BCUT2D eigenvalue weighted by molar-refractivity contribution is 5.95. The van der Waals surface area contributed by atoms with Gasteiger partial charge in [-0.15, -0.1) is 0 Å². The Balaban J connectivity index is 2.88. The van der Waals surface area contributed by atoms with Crippen molar-refractivity contribution >= 4 is 5.91 Å². The predicted molar refractivity (Wildman–Crippen MR) is 60.9 cm³/mol. The maximum Gasteiger partial charge on any atom is 0.255 e. The van der Waals surface area contributed by atoms with Crippen LogP contribution in [0.4, 0.5) is 0 Å². The van der Waals surface area contributed by atoms with Crippen molar-refractivity contribution in [3.05, 3.63) is 24.2 Å². The number of carbonyl (C=O) groups is 1. The monoisotopic (exact) mass is 209 g/mol. The van der Waals surface area contributed by atoms with Crippen molar-refractivity contribution in [1.29, 1.82) is 0 Å². The Kier molecular flexibility index (Phi) is 3.52.